The summed E-state index contributed by atoms with van der Waals surface area (Å²) in [5.74, 6) is 0.837. The van der Waals surface area contributed by atoms with Crippen molar-refractivity contribution in [2.24, 2.45) is 5.92 Å². The van der Waals surface area contributed by atoms with Gasteiger partial charge in [-0.05, 0) is 48.9 Å². The number of halogens is 1. The van der Waals surface area contributed by atoms with Crippen LogP contribution in [0.1, 0.15) is 25.3 Å². The topological polar surface area (TPSA) is 29.1 Å². The van der Waals surface area contributed by atoms with Crippen LogP contribution in [0.4, 0.5) is 5.69 Å². The second-order valence-electron chi connectivity index (χ2n) is 4.13. The fourth-order valence-electron chi connectivity index (χ4n) is 1.65. The van der Waals surface area contributed by atoms with E-state index in [1.807, 2.05) is 12.1 Å². The van der Waals surface area contributed by atoms with Gasteiger partial charge in [-0.25, -0.2) is 0 Å². The highest BCUT2D eigenvalue weighted by Gasteiger charge is 2.22. The van der Waals surface area contributed by atoms with Crippen LogP contribution in [-0.2, 0) is 11.2 Å². The molecular weight excluding hydrogens is 254 g/mol. The third kappa shape index (κ3) is 3.06. The Hall–Kier alpha value is -0.830. The molecule has 0 bridgehead atoms. The summed E-state index contributed by atoms with van der Waals surface area (Å²) in [4.78, 5) is 10.9. The predicted molar refractivity (Wildman–Crippen MR) is 64.9 cm³/mol. The zero-order valence-corrected chi connectivity index (χ0v) is 10.3. The minimum absolute atomic E-state index is 0.0188. The van der Waals surface area contributed by atoms with Crippen molar-refractivity contribution in [1.82, 2.24) is 0 Å². The summed E-state index contributed by atoms with van der Waals surface area (Å²) < 4.78 is 1.14. The highest BCUT2D eigenvalue weighted by Crippen LogP contribution is 2.35. The number of hydrogen-bond acceptors (Lipinski definition) is 1. The van der Waals surface area contributed by atoms with Gasteiger partial charge in [-0.15, -0.1) is 0 Å². The molecule has 0 aromatic heterocycles. The highest BCUT2D eigenvalue weighted by atomic mass is 79.9. The van der Waals surface area contributed by atoms with E-state index in [9.17, 15) is 4.79 Å². The molecule has 2 nitrogen and oxygen atoms in total. The maximum atomic E-state index is 10.9. The fraction of sp³-hybridized carbons (Fsp3) is 0.417. The van der Waals surface area contributed by atoms with E-state index in [2.05, 4.69) is 27.3 Å². The Morgan fingerprint density at radius 3 is 2.87 bits per heavy atom. The van der Waals surface area contributed by atoms with Crippen LogP contribution in [0.3, 0.4) is 0 Å². The summed E-state index contributed by atoms with van der Waals surface area (Å²) in [6.45, 7) is 1.53. The van der Waals surface area contributed by atoms with E-state index < -0.39 is 0 Å². The normalized spacial score (nSPS) is 15.1. The highest BCUT2D eigenvalue weighted by molar-refractivity contribution is 9.10. The molecule has 1 fully saturated rings. The molecule has 1 amide bonds. The van der Waals surface area contributed by atoms with E-state index in [0.29, 0.717) is 0 Å². The predicted octanol–water partition coefficient (Wildman–Crippen LogP) is 3.36. The van der Waals surface area contributed by atoms with Gasteiger partial charge in [0.1, 0.15) is 0 Å². The van der Waals surface area contributed by atoms with Crippen LogP contribution in [-0.4, -0.2) is 5.91 Å². The number of amides is 1. The Labute approximate surface area is 98.2 Å². The van der Waals surface area contributed by atoms with Crippen molar-refractivity contribution >= 4 is 27.5 Å². The molecular formula is C12H14BrNO. The molecule has 0 aliphatic heterocycles. The van der Waals surface area contributed by atoms with Gasteiger partial charge in [-0.1, -0.05) is 15.9 Å². The molecule has 0 unspecified atom stereocenters. The molecule has 1 saturated carbocycles. The van der Waals surface area contributed by atoms with Gasteiger partial charge in [0.15, 0.2) is 0 Å². The lowest BCUT2D eigenvalue weighted by atomic mass is 10.1. The summed E-state index contributed by atoms with van der Waals surface area (Å²) in [5.41, 5.74) is 2.19. The van der Waals surface area contributed by atoms with Crippen LogP contribution in [0, 0.1) is 5.92 Å². The van der Waals surface area contributed by atoms with Crippen LogP contribution in [0.25, 0.3) is 0 Å². The van der Waals surface area contributed by atoms with Gasteiger partial charge in [0, 0.05) is 17.1 Å². The van der Waals surface area contributed by atoms with E-state index in [0.717, 1.165) is 22.5 Å². The standard InChI is InChI=1S/C12H14BrNO/c1-8(15)14-11-4-5-12(13)10(7-11)6-9-2-3-9/h4-5,7,9H,2-3,6H2,1H3,(H,14,15). The van der Waals surface area contributed by atoms with Crippen molar-refractivity contribution in [3.05, 3.63) is 28.2 Å². The molecule has 15 heavy (non-hydrogen) atoms. The second-order valence-corrected chi connectivity index (χ2v) is 4.99. The number of rotatable bonds is 3. The molecule has 0 radical (unpaired) electrons. The third-order valence-electron chi connectivity index (χ3n) is 2.57. The molecule has 0 saturated heterocycles. The number of carbonyl (C=O) groups is 1. The molecule has 1 aromatic carbocycles. The van der Waals surface area contributed by atoms with Crippen LogP contribution in [0.15, 0.2) is 22.7 Å². The average Bonchev–Trinajstić information content (AvgIpc) is 2.94. The molecule has 0 spiro atoms. The van der Waals surface area contributed by atoms with E-state index in [1.54, 1.807) is 0 Å². The van der Waals surface area contributed by atoms with Gasteiger partial charge in [0.25, 0.3) is 0 Å². The first-order valence-corrected chi connectivity index (χ1v) is 6.00. The zero-order valence-electron chi connectivity index (χ0n) is 8.72. The van der Waals surface area contributed by atoms with Crippen molar-refractivity contribution in [3.63, 3.8) is 0 Å². The Balaban J connectivity index is 2.15. The fourth-order valence-corrected chi connectivity index (χ4v) is 2.05. The smallest absolute Gasteiger partial charge is 0.221 e. The molecule has 1 aromatic rings. The lowest BCUT2D eigenvalue weighted by Gasteiger charge is -2.07. The van der Waals surface area contributed by atoms with E-state index in [4.69, 9.17) is 0 Å². The molecule has 1 aliphatic carbocycles. The van der Waals surface area contributed by atoms with E-state index >= 15 is 0 Å². The molecule has 3 heteroatoms. The Kier molecular flexibility index (Phi) is 3.10. The molecule has 2 rings (SSSR count). The van der Waals surface area contributed by atoms with Crippen LogP contribution >= 0.6 is 15.9 Å². The maximum absolute atomic E-state index is 10.9. The van der Waals surface area contributed by atoms with Crippen molar-refractivity contribution in [3.8, 4) is 0 Å². The monoisotopic (exact) mass is 267 g/mol. The minimum Gasteiger partial charge on any atom is -0.326 e. The number of anilines is 1. The average molecular weight is 268 g/mol. The number of carbonyl (C=O) groups excluding carboxylic acids is 1. The Morgan fingerprint density at radius 1 is 1.53 bits per heavy atom. The number of benzene rings is 1. The minimum atomic E-state index is -0.0188. The van der Waals surface area contributed by atoms with Gasteiger partial charge in [0.2, 0.25) is 5.91 Å². The van der Waals surface area contributed by atoms with Gasteiger partial charge < -0.3 is 5.32 Å². The van der Waals surface area contributed by atoms with E-state index in [1.165, 1.54) is 25.3 Å². The lowest BCUT2D eigenvalue weighted by Crippen LogP contribution is -2.06. The summed E-state index contributed by atoms with van der Waals surface area (Å²) in [6.07, 6.45) is 3.81. The van der Waals surface area contributed by atoms with Crippen molar-refractivity contribution in [2.75, 3.05) is 5.32 Å². The zero-order chi connectivity index (χ0) is 10.8. The molecule has 1 aliphatic rings. The summed E-state index contributed by atoms with van der Waals surface area (Å²) >= 11 is 3.54. The van der Waals surface area contributed by atoms with E-state index in [-0.39, 0.29) is 5.91 Å². The quantitative estimate of drug-likeness (QED) is 0.894. The van der Waals surface area contributed by atoms with Crippen molar-refractivity contribution in [2.45, 2.75) is 26.2 Å². The summed E-state index contributed by atoms with van der Waals surface area (Å²) in [5, 5.41) is 2.81. The Morgan fingerprint density at radius 2 is 2.27 bits per heavy atom. The lowest BCUT2D eigenvalue weighted by molar-refractivity contribution is -0.114. The summed E-state index contributed by atoms with van der Waals surface area (Å²) in [6, 6.07) is 5.98. The first kappa shape index (κ1) is 10.7. The number of hydrogen-bond donors (Lipinski definition) is 1. The largest absolute Gasteiger partial charge is 0.326 e. The third-order valence-corrected chi connectivity index (χ3v) is 3.35. The van der Waals surface area contributed by atoms with Crippen molar-refractivity contribution < 1.29 is 4.79 Å². The molecule has 80 valence electrons. The van der Waals surface area contributed by atoms with Gasteiger partial charge in [0.05, 0.1) is 0 Å². The molecule has 0 atom stereocenters. The molecule has 1 N–H and O–H groups in total. The second kappa shape index (κ2) is 4.35. The van der Waals surface area contributed by atoms with Crippen LogP contribution < -0.4 is 5.32 Å². The maximum Gasteiger partial charge on any atom is 0.221 e. The van der Waals surface area contributed by atoms with Crippen molar-refractivity contribution in [1.29, 1.82) is 0 Å². The van der Waals surface area contributed by atoms with Gasteiger partial charge in [-0.2, -0.15) is 0 Å². The van der Waals surface area contributed by atoms with Gasteiger partial charge in [-0.3, -0.25) is 4.79 Å². The van der Waals surface area contributed by atoms with Gasteiger partial charge >= 0.3 is 0 Å². The first-order valence-electron chi connectivity index (χ1n) is 5.21. The number of nitrogens with one attached hydrogen (secondary N) is 1. The SMILES string of the molecule is CC(=O)Nc1ccc(Br)c(CC2CC2)c1. The summed E-state index contributed by atoms with van der Waals surface area (Å²) in [7, 11) is 0. The van der Waals surface area contributed by atoms with Crippen LogP contribution in [0.2, 0.25) is 0 Å². The Bertz CT molecular complexity index is 385. The van der Waals surface area contributed by atoms with Crippen LogP contribution in [0.5, 0.6) is 0 Å². The first-order chi connectivity index (χ1) is 7.15. The molecule has 0 heterocycles.